The number of thiophene rings is 1. The molecule has 0 saturated heterocycles. The molecule has 0 amide bonds. The van der Waals surface area contributed by atoms with Crippen LogP contribution in [0, 0.1) is 0 Å². The van der Waals surface area contributed by atoms with Crippen molar-refractivity contribution in [3.05, 3.63) is 41.8 Å². The Kier molecular flexibility index (Phi) is 4.36. The first kappa shape index (κ1) is 14.6. The summed E-state index contributed by atoms with van der Waals surface area (Å²) in [5, 5.41) is 6.43. The highest BCUT2D eigenvalue weighted by molar-refractivity contribution is 7.13. The van der Waals surface area contributed by atoms with Crippen LogP contribution in [-0.2, 0) is 4.74 Å². The van der Waals surface area contributed by atoms with Gasteiger partial charge >= 0.3 is 6.01 Å². The molecule has 3 rings (SSSR count). The van der Waals surface area contributed by atoms with Crippen LogP contribution in [0.15, 0.2) is 41.8 Å². The highest BCUT2D eigenvalue weighted by Gasteiger charge is 2.15. The van der Waals surface area contributed by atoms with Crippen molar-refractivity contribution in [3.8, 4) is 22.4 Å². The topological polar surface area (TPSA) is 75.2 Å². The second kappa shape index (κ2) is 6.59. The van der Waals surface area contributed by atoms with Gasteiger partial charge in [0.05, 0.1) is 17.2 Å². The minimum atomic E-state index is 0.331. The Balaban J connectivity index is 1.97. The standard InChI is InChI=1S/C15H16N4O2S/c1-20-8-9-21-15-17-14(13-3-2-10-22-13)19(18-15)12-6-4-11(16)5-7-12/h2-7,10H,8-9,16H2,1H3. The number of methoxy groups -OCH3 is 1. The summed E-state index contributed by atoms with van der Waals surface area (Å²) in [6, 6.07) is 11.8. The lowest BCUT2D eigenvalue weighted by Crippen LogP contribution is -2.05. The lowest BCUT2D eigenvalue weighted by atomic mass is 10.3. The van der Waals surface area contributed by atoms with Gasteiger partial charge in [-0.05, 0) is 35.7 Å². The predicted molar refractivity (Wildman–Crippen MR) is 86.5 cm³/mol. The first-order valence-electron chi connectivity index (χ1n) is 6.76. The third-order valence-electron chi connectivity index (χ3n) is 2.99. The summed E-state index contributed by atoms with van der Waals surface area (Å²) in [4.78, 5) is 5.50. The minimum absolute atomic E-state index is 0.331. The molecular formula is C15H16N4O2S. The van der Waals surface area contributed by atoms with Gasteiger partial charge in [0.1, 0.15) is 6.61 Å². The van der Waals surface area contributed by atoms with Crippen molar-refractivity contribution in [2.24, 2.45) is 0 Å². The summed E-state index contributed by atoms with van der Waals surface area (Å²) >= 11 is 1.60. The molecule has 0 spiro atoms. The number of aromatic nitrogens is 3. The molecule has 0 aliphatic carbocycles. The predicted octanol–water partition coefficient (Wildman–Crippen LogP) is 2.60. The Hall–Kier alpha value is -2.38. The Morgan fingerprint density at radius 1 is 1.18 bits per heavy atom. The van der Waals surface area contributed by atoms with Gasteiger partial charge in [-0.15, -0.1) is 16.4 Å². The second-order valence-corrected chi connectivity index (χ2v) is 5.49. The van der Waals surface area contributed by atoms with Gasteiger partial charge in [0, 0.05) is 12.8 Å². The number of anilines is 1. The van der Waals surface area contributed by atoms with Crippen LogP contribution in [-0.4, -0.2) is 35.1 Å². The largest absolute Gasteiger partial charge is 0.460 e. The van der Waals surface area contributed by atoms with Gasteiger partial charge < -0.3 is 15.2 Å². The van der Waals surface area contributed by atoms with Gasteiger partial charge in [0.2, 0.25) is 0 Å². The number of hydrogen-bond acceptors (Lipinski definition) is 6. The van der Waals surface area contributed by atoms with Gasteiger partial charge in [-0.2, -0.15) is 4.98 Å². The monoisotopic (exact) mass is 316 g/mol. The number of rotatable bonds is 6. The number of benzene rings is 1. The van der Waals surface area contributed by atoms with Crippen molar-refractivity contribution < 1.29 is 9.47 Å². The minimum Gasteiger partial charge on any atom is -0.460 e. The van der Waals surface area contributed by atoms with Gasteiger partial charge in [0.25, 0.3) is 0 Å². The van der Waals surface area contributed by atoms with E-state index in [4.69, 9.17) is 15.2 Å². The molecule has 2 heterocycles. The average Bonchev–Trinajstić information content (AvgIpc) is 3.17. The highest BCUT2D eigenvalue weighted by Crippen LogP contribution is 2.27. The molecule has 0 aliphatic rings. The molecule has 0 radical (unpaired) electrons. The number of nitrogens with zero attached hydrogens (tertiary/aromatic N) is 3. The smallest absolute Gasteiger partial charge is 0.336 e. The molecule has 0 unspecified atom stereocenters. The Labute approximate surface area is 132 Å². The first-order valence-corrected chi connectivity index (χ1v) is 7.64. The van der Waals surface area contributed by atoms with Crippen LogP contribution in [0.1, 0.15) is 0 Å². The lowest BCUT2D eigenvalue weighted by molar-refractivity contribution is 0.141. The van der Waals surface area contributed by atoms with E-state index < -0.39 is 0 Å². The van der Waals surface area contributed by atoms with Crippen LogP contribution in [0.25, 0.3) is 16.4 Å². The van der Waals surface area contributed by atoms with Crippen molar-refractivity contribution in [2.75, 3.05) is 26.1 Å². The van der Waals surface area contributed by atoms with E-state index in [9.17, 15) is 0 Å². The fourth-order valence-corrected chi connectivity index (χ4v) is 2.63. The van der Waals surface area contributed by atoms with Crippen LogP contribution in [0.2, 0.25) is 0 Å². The van der Waals surface area contributed by atoms with Gasteiger partial charge in [-0.1, -0.05) is 6.07 Å². The zero-order valence-electron chi connectivity index (χ0n) is 12.1. The Morgan fingerprint density at radius 3 is 2.68 bits per heavy atom. The van der Waals surface area contributed by atoms with Crippen LogP contribution in [0.5, 0.6) is 6.01 Å². The van der Waals surface area contributed by atoms with Gasteiger partial charge in [-0.25, -0.2) is 4.68 Å². The maximum atomic E-state index is 5.74. The van der Waals surface area contributed by atoms with Crippen molar-refractivity contribution in [3.63, 3.8) is 0 Å². The van der Waals surface area contributed by atoms with Gasteiger partial charge in [0.15, 0.2) is 5.82 Å². The lowest BCUT2D eigenvalue weighted by Gasteiger charge is -2.04. The molecule has 1 aromatic carbocycles. The molecule has 0 atom stereocenters. The van der Waals surface area contributed by atoms with E-state index in [0.29, 0.717) is 24.9 Å². The van der Waals surface area contributed by atoms with Crippen LogP contribution < -0.4 is 10.5 Å². The summed E-state index contributed by atoms with van der Waals surface area (Å²) < 4.78 is 12.3. The number of hydrogen-bond donors (Lipinski definition) is 1. The van der Waals surface area contributed by atoms with Crippen LogP contribution in [0.4, 0.5) is 5.69 Å². The molecule has 2 aromatic heterocycles. The van der Waals surface area contributed by atoms with E-state index in [0.717, 1.165) is 16.4 Å². The number of ether oxygens (including phenoxy) is 2. The Morgan fingerprint density at radius 2 is 2.00 bits per heavy atom. The Bertz CT molecular complexity index is 723. The molecular weight excluding hydrogens is 300 g/mol. The van der Waals surface area contributed by atoms with Crippen molar-refractivity contribution in [1.82, 2.24) is 14.8 Å². The van der Waals surface area contributed by atoms with E-state index in [1.807, 2.05) is 41.8 Å². The highest BCUT2D eigenvalue weighted by atomic mass is 32.1. The van der Waals surface area contributed by atoms with Crippen molar-refractivity contribution in [2.45, 2.75) is 0 Å². The van der Waals surface area contributed by atoms with E-state index in [2.05, 4.69) is 10.1 Å². The van der Waals surface area contributed by atoms with Crippen LogP contribution in [0.3, 0.4) is 0 Å². The van der Waals surface area contributed by atoms with E-state index in [-0.39, 0.29) is 0 Å². The molecule has 7 heteroatoms. The molecule has 2 N–H and O–H groups in total. The molecule has 114 valence electrons. The summed E-state index contributed by atoms with van der Waals surface area (Å²) in [5.74, 6) is 0.743. The SMILES string of the molecule is COCCOc1nc(-c2cccs2)n(-c2ccc(N)cc2)n1. The zero-order valence-corrected chi connectivity index (χ0v) is 12.9. The van der Waals surface area contributed by atoms with E-state index in [1.54, 1.807) is 23.1 Å². The molecule has 6 nitrogen and oxygen atoms in total. The molecule has 0 fully saturated rings. The summed E-state index contributed by atoms with van der Waals surface area (Å²) in [5.41, 5.74) is 7.33. The van der Waals surface area contributed by atoms with Crippen molar-refractivity contribution >= 4 is 17.0 Å². The first-order chi connectivity index (χ1) is 10.8. The second-order valence-electron chi connectivity index (χ2n) is 4.54. The van der Waals surface area contributed by atoms with E-state index >= 15 is 0 Å². The average molecular weight is 316 g/mol. The number of nitrogens with two attached hydrogens (primary N) is 1. The van der Waals surface area contributed by atoms with Crippen LogP contribution >= 0.6 is 11.3 Å². The summed E-state index contributed by atoms with van der Waals surface area (Å²) in [6.45, 7) is 0.900. The molecule has 0 bridgehead atoms. The maximum absolute atomic E-state index is 5.74. The molecule has 0 aliphatic heterocycles. The molecule has 3 aromatic rings. The molecule has 22 heavy (non-hydrogen) atoms. The molecule has 0 saturated carbocycles. The normalized spacial score (nSPS) is 10.8. The fourth-order valence-electron chi connectivity index (χ4n) is 1.93. The van der Waals surface area contributed by atoms with Crippen molar-refractivity contribution in [1.29, 1.82) is 0 Å². The fraction of sp³-hybridized carbons (Fsp3) is 0.200. The third kappa shape index (κ3) is 3.10. The summed E-state index contributed by atoms with van der Waals surface area (Å²) in [7, 11) is 1.63. The summed E-state index contributed by atoms with van der Waals surface area (Å²) in [6.07, 6.45) is 0. The maximum Gasteiger partial charge on any atom is 0.336 e. The third-order valence-corrected chi connectivity index (χ3v) is 3.85. The number of nitrogen functional groups attached to an aromatic ring is 1. The van der Waals surface area contributed by atoms with Gasteiger partial charge in [-0.3, -0.25) is 0 Å². The quantitative estimate of drug-likeness (QED) is 0.559. The zero-order chi connectivity index (χ0) is 15.4. The van der Waals surface area contributed by atoms with E-state index in [1.165, 1.54) is 0 Å².